The average molecular weight is 481 g/mol. The van der Waals surface area contributed by atoms with Gasteiger partial charge in [-0.25, -0.2) is 4.79 Å². The highest BCUT2D eigenvalue weighted by Crippen LogP contribution is 2.28. The predicted octanol–water partition coefficient (Wildman–Crippen LogP) is 4.69. The molecule has 3 aromatic rings. The lowest BCUT2D eigenvalue weighted by molar-refractivity contribution is -0.113. The minimum absolute atomic E-state index is 0.110. The van der Waals surface area contributed by atoms with Crippen LogP contribution in [0, 0.1) is 6.92 Å². The van der Waals surface area contributed by atoms with E-state index in [9.17, 15) is 14.4 Å². The quantitative estimate of drug-likeness (QED) is 0.381. The van der Waals surface area contributed by atoms with Crippen molar-refractivity contribution < 1.29 is 29.0 Å². The molecule has 0 aliphatic carbocycles. The molecule has 0 fully saturated rings. The Morgan fingerprint density at radius 1 is 0.853 bits per heavy atom. The van der Waals surface area contributed by atoms with E-state index in [1.807, 2.05) is 0 Å². The van der Waals surface area contributed by atoms with Gasteiger partial charge in [-0.05, 0) is 67.1 Å². The second kappa shape index (κ2) is 11.2. The molecule has 0 saturated carbocycles. The highest BCUT2D eigenvalue weighted by Gasteiger charge is 2.12. The smallest absolute Gasteiger partial charge is 0.335 e. The average Bonchev–Trinajstić information content (AvgIpc) is 2.84. The zero-order valence-corrected chi connectivity index (χ0v) is 19.7. The number of aromatic carboxylic acids is 1. The van der Waals surface area contributed by atoms with Crippen molar-refractivity contribution in [3.63, 3.8) is 0 Å². The minimum atomic E-state index is -1.05. The van der Waals surface area contributed by atoms with Gasteiger partial charge in [-0.1, -0.05) is 6.07 Å². The van der Waals surface area contributed by atoms with Crippen molar-refractivity contribution >= 4 is 40.9 Å². The lowest BCUT2D eigenvalue weighted by Crippen LogP contribution is -2.15. The topological polar surface area (TPSA) is 114 Å². The SMILES string of the molecule is COc1ccc(C(=O)Nc2ccc(SCC(=O)Nc3cc(C(=O)O)ccc3C)cc2)cc1OC. The number of carboxylic acid groups (broad SMARTS) is 1. The summed E-state index contributed by atoms with van der Waals surface area (Å²) in [7, 11) is 3.03. The van der Waals surface area contributed by atoms with E-state index in [1.165, 1.54) is 38.1 Å². The van der Waals surface area contributed by atoms with Gasteiger partial charge in [0.2, 0.25) is 5.91 Å². The van der Waals surface area contributed by atoms with Crippen LogP contribution in [0.5, 0.6) is 11.5 Å². The number of rotatable bonds is 9. The molecule has 0 heterocycles. The van der Waals surface area contributed by atoms with Crippen LogP contribution in [0.15, 0.2) is 65.6 Å². The molecule has 0 radical (unpaired) electrons. The van der Waals surface area contributed by atoms with Gasteiger partial charge >= 0.3 is 5.97 Å². The fraction of sp³-hybridized carbons (Fsp3) is 0.160. The molecule has 2 amide bonds. The van der Waals surface area contributed by atoms with Crippen LogP contribution in [-0.2, 0) is 4.79 Å². The third kappa shape index (κ3) is 6.29. The van der Waals surface area contributed by atoms with Crippen molar-refractivity contribution in [1.82, 2.24) is 0 Å². The summed E-state index contributed by atoms with van der Waals surface area (Å²) in [6.45, 7) is 1.80. The Bertz CT molecular complexity index is 1210. The van der Waals surface area contributed by atoms with E-state index in [0.29, 0.717) is 28.4 Å². The Morgan fingerprint density at radius 2 is 1.53 bits per heavy atom. The fourth-order valence-corrected chi connectivity index (χ4v) is 3.74. The lowest BCUT2D eigenvalue weighted by atomic mass is 10.1. The molecule has 0 unspecified atom stereocenters. The van der Waals surface area contributed by atoms with Gasteiger partial charge < -0.3 is 25.2 Å². The molecule has 3 aromatic carbocycles. The van der Waals surface area contributed by atoms with Crippen LogP contribution >= 0.6 is 11.8 Å². The molecule has 8 nitrogen and oxygen atoms in total. The maximum atomic E-state index is 12.5. The summed E-state index contributed by atoms with van der Waals surface area (Å²) in [5.41, 5.74) is 2.39. The van der Waals surface area contributed by atoms with E-state index < -0.39 is 5.97 Å². The number of aryl methyl sites for hydroxylation is 1. The summed E-state index contributed by atoms with van der Waals surface area (Å²) < 4.78 is 10.4. The number of benzene rings is 3. The first-order valence-electron chi connectivity index (χ1n) is 10.2. The van der Waals surface area contributed by atoms with Gasteiger partial charge in [0.15, 0.2) is 11.5 Å². The molecule has 0 aliphatic rings. The first-order valence-corrected chi connectivity index (χ1v) is 11.2. The van der Waals surface area contributed by atoms with Gasteiger partial charge in [0, 0.05) is 21.8 Å². The molecule has 0 aliphatic heterocycles. The highest BCUT2D eigenvalue weighted by atomic mass is 32.2. The minimum Gasteiger partial charge on any atom is -0.493 e. The third-order valence-corrected chi connectivity index (χ3v) is 5.90. The Kier molecular flexibility index (Phi) is 8.15. The molecule has 3 rings (SSSR count). The van der Waals surface area contributed by atoms with Crippen LogP contribution in [-0.4, -0.2) is 42.9 Å². The molecule has 0 saturated heterocycles. The molecule has 176 valence electrons. The number of methoxy groups -OCH3 is 2. The highest BCUT2D eigenvalue weighted by molar-refractivity contribution is 8.00. The number of carbonyl (C=O) groups is 3. The molecular formula is C25H24N2O6S. The summed E-state index contributed by atoms with van der Waals surface area (Å²) in [6, 6.07) is 16.6. The second-order valence-corrected chi connectivity index (χ2v) is 8.27. The molecule has 0 aromatic heterocycles. The summed E-state index contributed by atoms with van der Waals surface area (Å²) in [5.74, 6) is -0.447. The number of anilines is 2. The largest absolute Gasteiger partial charge is 0.493 e. The molecular weight excluding hydrogens is 456 g/mol. The molecule has 0 atom stereocenters. The van der Waals surface area contributed by atoms with E-state index in [-0.39, 0.29) is 23.1 Å². The summed E-state index contributed by atoms with van der Waals surface area (Å²) >= 11 is 1.33. The first kappa shape index (κ1) is 24.7. The third-order valence-electron chi connectivity index (χ3n) is 4.89. The first-order chi connectivity index (χ1) is 16.3. The van der Waals surface area contributed by atoms with Crippen LogP contribution in [0.4, 0.5) is 11.4 Å². The number of nitrogens with one attached hydrogen (secondary N) is 2. The summed E-state index contributed by atoms with van der Waals surface area (Å²) in [5, 5.41) is 14.7. The van der Waals surface area contributed by atoms with Crippen molar-refractivity contribution in [2.75, 3.05) is 30.6 Å². The summed E-state index contributed by atoms with van der Waals surface area (Å²) in [4.78, 5) is 36.9. The van der Waals surface area contributed by atoms with Crippen molar-refractivity contribution in [2.45, 2.75) is 11.8 Å². The van der Waals surface area contributed by atoms with Gasteiger partial charge in [-0.2, -0.15) is 0 Å². The van der Waals surface area contributed by atoms with E-state index in [2.05, 4.69) is 10.6 Å². The maximum absolute atomic E-state index is 12.5. The standard InChI is InChI=1S/C25H24N2O6S/c1-15-4-5-17(25(30)31)12-20(15)27-23(28)14-34-19-9-7-18(8-10-19)26-24(29)16-6-11-21(32-2)22(13-16)33-3/h4-13H,14H2,1-3H3,(H,26,29)(H,27,28)(H,30,31). The van der Waals surface area contributed by atoms with Crippen LogP contribution < -0.4 is 20.1 Å². The summed E-state index contributed by atoms with van der Waals surface area (Å²) in [6.07, 6.45) is 0. The van der Waals surface area contributed by atoms with Gasteiger partial charge in [0.05, 0.1) is 25.5 Å². The van der Waals surface area contributed by atoms with Crippen LogP contribution in [0.25, 0.3) is 0 Å². The Balaban J connectivity index is 1.56. The zero-order chi connectivity index (χ0) is 24.7. The molecule has 34 heavy (non-hydrogen) atoms. The Morgan fingerprint density at radius 3 is 2.18 bits per heavy atom. The van der Waals surface area contributed by atoms with Crippen molar-refractivity contribution in [2.24, 2.45) is 0 Å². The number of hydrogen-bond acceptors (Lipinski definition) is 6. The van der Waals surface area contributed by atoms with Gasteiger partial charge in [-0.15, -0.1) is 11.8 Å². The fourth-order valence-electron chi connectivity index (χ4n) is 3.04. The van der Waals surface area contributed by atoms with Crippen LogP contribution in [0.3, 0.4) is 0 Å². The number of thioether (sulfide) groups is 1. The van der Waals surface area contributed by atoms with Gasteiger partial charge in [-0.3, -0.25) is 9.59 Å². The van der Waals surface area contributed by atoms with E-state index >= 15 is 0 Å². The predicted molar refractivity (Wildman–Crippen MR) is 131 cm³/mol. The van der Waals surface area contributed by atoms with E-state index in [0.717, 1.165) is 10.5 Å². The van der Waals surface area contributed by atoms with Gasteiger partial charge in [0.25, 0.3) is 5.91 Å². The lowest BCUT2D eigenvalue weighted by Gasteiger charge is -2.11. The number of amides is 2. The maximum Gasteiger partial charge on any atom is 0.335 e. The Hall–Kier alpha value is -3.98. The number of ether oxygens (including phenoxy) is 2. The molecule has 0 spiro atoms. The zero-order valence-electron chi connectivity index (χ0n) is 18.9. The Labute approximate surface area is 201 Å². The van der Waals surface area contributed by atoms with Gasteiger partial charge in [0.1, 0.15) is 0 Å². The molecule has 0 bridgehead atoms. The normalized spacial score (nSPS) is 10.3. The molecule has 3 N–H and O–H groups in total. The number of carboxylic acids is 1. The van der Waals surface area contributed by atoms with E-state index in [1.54, 1.807) is 55.5 Å². The monoisotopic (exact) mass is 480 g/mol. The van der Waals surface area contributed by atoms with E-state index in [4.69, 9.17) is 14.6 Å². The molecule has 9 heteroatoms. The number of carbonyl (C=O) groups excluding carboxylic acids is 2. The van der Waals surface area contributed by atoms with Crippen molar-refractivity contribution in [3.8, 4) is 11.5 Å². The van der Waals surface area contributed by atoms with Crippen molar-refractivity contribution in [1.29, 1.82) is 0 Å². The second-order valence-electron chi connectivity index (χ2n) is 7.22. The van der Waals surface area contributed by atoms with Crippen LogP contribution in [0.2, 0.25) is 0 Å². The van der Waals surface area contributed by atoms with Crippen LogP contribution in [0.1, 0.15) is 26.3 Å². The van der Waals surface area contributed by atoms with Crippen molar-refractivity contribution in [3.05, 3.63) is 77.4 Å². The number of hydrogen-bond donors (Lipinski definition) is 3.